The third-order valence-corrected chi connectivity index (χ3v) is 3.70. The van der Waals surface area contributed by atoms with Crippen LogP contribution in [0.3, 0.4) is 0 Å². The molecule has 2 aromatic carbocycles. The summed E-state index contributed by atoms with van der Waals surface area (Å²) in [6, 6.07) is 18.4. The van der Waals surface area contributed by atoms with Gasteiger partial charge in [-0.2, -0.15) is 0 Å². The van der Waals surface area contributed by atoms with Crippen molar-refractivity contribution < 1.29 is 4.79 Å². The molecule has 1 aliphatic heterocycles. The zero-order valence-corrected chi connectivity index (χ0v) is 11.5. The lowest BCUT2D eigenvalue weighted by molar-refractivity contribution is -0.118. The predicted octanol–water partition coefficient (Wildman–Crippen LogP) is 3.60. The van der Waals surface area contributed by atoms with Crippen molar-refractivity contribution in [2.24, 2.45) is 0 Å². The Morgan fingerprint density at radius 2 is 1.85 bits per heavy atom. The van der Waals surface area contributed by atoms with Crippen molar-refractivity contribution >= 4 is 17.3 Å². The van der Waals surface area contributed by atoms with Crippen molar-refractivity contribution in [3.8, 4) is 0 Å². The second kappa shape index (κ2) is 5.37. The maximum atomic E-state index is 12.2. The van der Waals surface area contributed by atoms with Crippen molar-refractivity contribution in [3.05, 3.63) is 60.2 Å². The summed E-state index contributed by atoms with van der Waals surface area (Å²) >= 11 is 0. The third-order valence-electron chi connectivity index (χ3n) is 3.70. The third kappa shape index (κ3) is 2.27. The van der Waals surface area contributed by atoms with E-state index in [9.17, 15) is 4.79 Å². The molecule has 3 rings (SSSR count). The molecule has 1 unspecified atom stereocenters. The molecule has 1 aliphatic rings. The molecule has 0 aliphatic carbocycles. The Hall–Kier alpha value is -2.29. The highest BCUT2D eigenvalue weighted by molar-refractivity contribution is 5.97. The molecule has 1 heterocycles. The molecule has 0 radical (unpaired) electrons. The fourth-order valence-electron chi connectivity index (χ4n) is 2.65. The van der Waals surface area contributed by atoms with E-state index >= 15 is 0 Å². The number of nitrogens with one attached hydrogen (secondary N) is 1. The van der Waals surface area contributed by atoms with Crippen LogP contribution in [0.15, 0.2) is 54.6 Å². The standard InChI is InChI=1S/C17H18N2O/c1-2-17(20)19-12-15(13-8-4-3-5-9-13)18-14-10-6-7-11-16(14)19/h3-11,15,18H,2,12H2,1H3. The number of nitrogens with zero attached hydrogens (tertiary/aromatic N) is 1. The molecule has 0 bridgehead atoms. The van der Waals surface area contributed by atoms with Gasteiger partial charge in [-0.1, -0.05) is 49.4 Å². The normalized spacial score (nSPS) is 17.2. The highest BCUT2D eigenvalue weighted by Gasteiger charge is 2.27. The molecule has 102 valence electrons. The van der Waals surface area contributed by atoms with Gasteiger partial charge in [-0.3, -0.25) is 4.79 Å². The number of para-hydroxylation sites is 2. The number of hydrogen-bond acceptors (Lipinski definition) is 2. The lowest BCUT2D eigenvalue weighted by atomic mass is 10.0. The average Bonchev–Trinajstić information content (AvgIpc) is 2.54. The number of fused-ring (bicyclic) bond motifs is 1. The van der Waals surface area contributed by atoms with Crippen molar-refractivity contribution in [2.45, 2.75) is 19.4 Å². The van der Waals surface area contributed by atoms with E-state index in [4.69, 9.17) is 0 Å². The average molecular weight is 266 g/mol. The van der Waals surface area contributed by atoms with Crippen LogP contribution in [0.5, 0.6) is 0 Å². The van der Waals surface area contributed by atoms with Crippen molar-refractivity contribution in [1.29, 1.82) is 0 Å². The number of anilines is 2. The molecule has 0 saturated heterocycles. The lowest BCUT2D eigenvalue weighted by Gasteiger charge is -2.36. The van der Waals surface area contributed by atoms with Crippen molar-refractivity contribution in [1.82, 2.24) is 0 Å². The SMILES string of the molecule is CCC(=O)N1CC(c2ccccc2)Nc2ccccc21. The van der Waals surface area contributed by atoms with Crippen LogP contribution >= 0.6 is 0 Å². The van der Waals surface area contributed by atoms with E-state index in [1.165, 1.54) is 5.56 Å². The van der Waals surface area contributed by atoms with Crippen LogP contribution < -0.4 is 10.2 Å². The van der Waals surface area contributed by atoms with Crippen LogP contribution in [0, 0.1) is 0 Å². The summed E-state index contributed by atoms with van der Waals surface area (Å²) in [7, 11) is 0. The van der Waals surface area contributed by atoms with Gasteiger partial charge < -0.3 is 10.2 Å². The number of rotatable bonds is 2. The Morgan fingerprint density at radius 3 is 2.60 bits per heavy atom. The van der Waals surface area contributed by atoms with E-state index in [-0.39, 0.29) is 11.9 Å². The maximum Gasteiger partial charge on any atom is 0.226 e. The molecular formula is C17H18N2O. The molecule has 3 heteroatoms. The monoisotopic (exact) mass is 266 g/mol. The van der Waals surface area contributed by atoms with E-state index in [0.29, 0.717) is 13.0 Å². The van der Waals surface area contributed by atoms with Gasteiger partial charge in [0.15, 0.2) is 0 Å². The summed E-state index contributed by atoms with van der Waals surface area (Å²) in [4.78, 5) is 14.1. The summed E-state index contributed by atoms with van der Waals surface area (Å²) in [5, 5.41) is 3.53. The molecule has 1 N–H and O–H groups in total. The Morgan fingerprint density at radius 1 is 1.15 bits per heavy atom. The summed E-state index contributed by atoms with van der Waals surface area (Å²) in [5.41, 5.74) is 3.21. The fraction of sp³-hybridized carbons (Fsp3) is 0.235. The summed E-state index contributed by atoms with van der Waals surface area (Å²) in [6.07, 6.45) is 0.524. The first-order valence-electron chi connectivity index (χ1n) is 7.00. The Balaban J connectivity index is 1.98. The van der Waals surface area contributed by atoms with Crippen LogP contribution in [-0.2, 0) is 4.79 Å². The number of hydrogen-bond donors (Lipinski definition) is 1. The number of carbonyl (C=O) groups is 1. The van der Waals surface area contributed by atoms with E-state index in [1.807, 2.05) is 54.3 Å². The molecule has 0 spiro atoms. The zero-order valence-electron chi connectivity index (χ0n) is 11.5. The van der Waals surface area contributed by atoms with Gasteiger partial charge in [-0.05, 0) is 17.7 Å². The minimum atomic E-state index is 0.140. The maximum absolute atomic E-state index is 12.2. The van der Waals surface area contributed by atoms with Gasteiger partial charge in [0.1, 0.15) is 0 Å². The van der Waals surface area contributed by atoms with Gasteiger partial charge in [-0.15, -0.1) is 0 Å². The molecule has 0 aromatic heterocycles. The smallest absolute Gasteiger partial charge is 0.226 e. The van der Waals surface area contributed by atoms with Gasteiger partial charge >= 0.3 is 0 Å². The van der Waals surface area contributed by atoms with Gasteiger partial charge in [0, 0.05) is 6.42 Å². The lowest BCUT2D eigenvalue weighted by Crippen LogP contribution is -2.40. The number of amides is 1. The van der Waals surface area contributed by atoms with Crippen molar-refractivity contribution in [2.75, 3.05) is 16.8 Å². The van der Waals surface area contributed by atoms with Gasteiger partial charge in [0.2, 0.25) is 5.91 Å². The molecule has 20 heavy (non-hydrogen) atoms. The Bertz CT molecular complexity index is 609. The molecule has 1 atom stereocenters. The van der Waals surface area contributed by atoms with E-state index in [0.717, 1.165) is 11.4 Å². The second-order valence-corrected chi connectivity index (χ2v) is 4.98. The Kier molecular flexibility index (Phi) is 3.42. The van der Waals surface area contributed by atoms with Crippen LogP contribution in [-0.4, -0.2) is 12.5 Å². The van der Waals surface area contributed by atoms with E-state index in [1.54, 1.807) is 0 Å². The summed E-state index contributed by atoms with van der Waals surface area (Å²) < 4.78 is 0. The first-order valence-corrected chi connectivity index (χ1v) is 7.00. The topological polar surface area (TPSA) is 32.3 Å². The molecular weight excluding hydrogens is 248 g/mol. The first kappa shape index (κ1) is 12.7. The molecule has 1 amide bonds. The highest BCUT2D eigenvalue weighted by atomic mass is 16.2. The van der Waals surface area contributed by atoms with Crippen LogP contribution in [0.2, 0.25) is 0 Å². The molecule has 0 saturated carbocycles. The first-order chi connectivity index (χ1) is 9.79. The largest absolute Gasteiger partial charge is 0.375 e. The molecule has 2 aromatic rings. The van der Waals surface area contributed by atoms with Crippen molar-refractivity contribution in [3.63, 3.8) is 0 Å². The van der Waals surface area contributed by atoms with Gasteiger partial charge in [0.05, 0.1) is 24.0 Å². The van der Waals surface area contributed by atoms with Gasteiger partial charge in [0.25, 0.3) is 0 Å². The van der Waals surface area contributed by atoms with Gasteiger partial charge in [-0.25, -0.2) is 0 Å². The zero-order chi connectivity index (χ0) is 13.9. The second-order valence-electron chi connectivity index (χ2n) is 4.98. The van der Waals surface area contributed by atoms with Crippen LogP contribution in [0.1, 0.15) is 24.9 Å². The minimum absolute atomic E-state index is 0.140. The quantitative estimate of drug-likeness (QED) is 0.900. The molecule has 3 nitrogen and oxygen atoms in total. The van der Waals surface area contributed by atoms with Crippen LogP contribution in [0.25, 0.3) is 0 Å². The number of benzene rings is 2. The summed E-state index contributed by atoms with van der Waals surface area (Å²) in [6.45, 7) is 2.58. The highest BCUT2D eigenvalue weighted by Crippen LogP contribution is 2.35. The van der Waals surface area contributed by atoms with E-state index in [2.05, 4.69) is 17.4 Å². The fourth-order valence-corrected chi connectivity index (χ4v) is 2.65. The Labute approximate surface area is 119 Å². The number of carbonyl (C=O) groups excluding carboxylic acids is 1. The molecule has 0 fully saturated rings. The van der Waals surface area contributed by atoms with Crippen LogP contribution in [0.4, 0.5) is 11.4 Å². The van der Waals surface area contributed by atoms with E-state index < -0.39 is 0 Å². The predicted molar refractivity (Wildman–Crippen MR) is 81.9 cm³/mol. The minimum Gasteiger partial charge on any atom is -0.375 e. The summed E-state index contributed by atoms with van der Waals surface area (Å²) in [5.74, 6) is 0.167.